The number of aliphatic hydroxyl groups excluding tert-OH is 1. The second kappa shape index (κ2) is 8.24. The molecule has 2 aromatic rings. The fraction of sp³-hybridized carbons (Fsp3) is 0.438. The minimum Gasteiger partial charge on any atom is -0.395 e. The van der Waals surface area contributed by atoms with Gasteiger partial charge >= 0.3 is 0 Å². The molecule has 0 radical (unpaired) electrons. The number of rotatable bonds is 8. The zero-order valence-electron chi connectivity index (χ0n) is 12.5. The molecule has 2 rings (SSSR count). The van der Waals surface area contributed by atoms with E-state index in [1.54, 1.807) is 11.3 Å². The normalized spacial score (nSPS) is 11.2. The molecule has 0 amide bonds. The Morgan fingerprint density at radius 1 is 1.33 bits per heavy atom. The maximum atomic E-state index is 9.13. The molecule has 0 fully saturated rings. The molecule has 0 aliphatic rings. The maximum absolute atomic E-state index is 9.13. The number of nitrogens with zero attached hydrogens (tertiary/aromatic N) is 2. The number of hydrogen-bond donors (Lipinski definition) is 2. The molecule has 0 unspecified atom stereocenters. The summed E-state index contributed by atoms with van der Waals surface area (Å²) >= 11 is 1.67. The average molecular weight is 305 g/mol. The third-order valence-electron chi connectivity index (χ3n) is 3.46. The van der Waals surface area contributed by atoms with Crippen molar-refractivity contribution in [3.63, 3.8) is 0 Å². The molecule has 1 aromatic carbocycles. The molecule has 1 aromatic heterocycles. The van der Waals surface area contributed by atoms with Gasteiger partial charge in [-0.25, -0.2) is 4.98 Å². The van der Waals surface area contributed by atoms with Crippen molar-refractivity contribution >= 4 is 11.3 Å². The summed E-state index contributed by atoms with van der Waals surface area (Å²) < 4.78 is 0. The van der Waals surface area contributed by atoms with Gasteiger partial charge in [-0.2, -0.15) is 0 Å². The number of likely N-dealkylation sites (N-methyl/N-ethyl adjacent to an activating group) is 1. The average Bonchev–Trinajstić information content (AvgIpc) is 2.96. The van der Waals surface area contributed by atoms with Gasteiger partial charge in [0, 0.05) is 30.5 Å². The smallest absolute Gasteiger partial charge is 0.123 e. The van der Waals surface area contributed by atoms with Gasteiger partial charge in [0.1, 0.15) is 5.01 Å². The van der Waals surface area contributed by atoms with Crippen LogP contribution in [0.1, 0.15) is 18.2 Å². The van der Waals surface area contributed by atoms with Crippen LogP contribution in [0.4, 0.5) is 0 Å². The van der Waals surface area contributed by atoms with Crippen molar-refractivity contribution in [3.8, 4) is 10.6 Å². The SMILES string of the molecule is CCN(CCO)Cc1ccccc1-c1nc(CCN)cs1. The molecule has 1 heterocycles. The van der Waals surface area contributed by atoms with Gasteiger partial charge in [-0.05, 0) is 18.7 Å². The van der Waals surface area contributed by atoms with E-state index in [1.165, 1.54) is 11.1 Å². The molecule has 0 spiro atoms. The molecular weight excluding hydrogens is 282 g/mol. The highest BCUT2D eigenvalue weighted by molar-refractivity contribution is 7.13. The van der Waals surface area contributed by atoms with E-state index in [1.807, 2.05) is 6.07 Å². The first-order valence-corrected chi connectivity index (χ1v) is 8.22. The second-order valence-electron chi connectivity index (χ2n) is 4.93. The summed E-state index contributed by atoms with van der Waals surface area (Å²) in [6.45, 7) is 5.38. The number of benzene rings is 1. The lowest BCUT2D eigenvalue weighted by Gasteiger charge is -2.20. The molecule has 0 saturated carbocycles. The van der Waals surface area contributed by atoms with Crippen molar-refractivity contribution in [2.45, 2.75) is 19.9 Å². The molecule has 0 aliphatic heterocycles. The molecule has 5 heteroatoms. The number of aromatic nitrogens is 1. The van der Waals surface area contributed by atoms with E-state index >= 15 is 0 Å². The van der Waals surface area contributed by atoms with Crippen molar-refractivity contribution in [2.24, 2.45) is 5.73 Å². The number of hydrogen-bond acceptors (Lipinski definition) is 5. The summed E-state index contributed by atoms with van der Waals surface area (Å²) in [6.07, 6.45) is 0.824. The third-order valence-corrected chi connectivity index (χ3v) is 4.38. The van der Waals surface area contributed by atoms with Crippen LogP contribution in [0, 0.1) is 0 Å². The topological polar surface area (TPSA) is 62.4 Å². The summed E-state index contributed by atoms with van der Waals surface area (Å²) in [5.41, 5.74) is 9.09. The summed E-state index contributed by atoms with van der Waals surface area (Å²) in [6, 6.07) is 8.36. The number of nitrogens with two attached hydrogens (primary N) is 1. The van der Waals surface area contributed by atoms with Crippen molar-refractivity contribution < 1.29 is 5.11 Å². The van der Waals surface area contributed by atoms with E-state index in [-0.39, 0.29) is 6.61 Å². The Bertz CT molecular complexity index is 556. The van der Waals surface area contributed by atoms with Crippen LogP contribution in [-0.2, 0) is 13.0 Å². The van der Waals surface area contributed by atoms with Gasteiger partial charge in [-0.1, -0.05) is 31.2 Å². The summed E-state index contributed by atoms with van der Waals surface area (Å²) in [5.74, 6) is 0. The lowest BCUT2D eigenvalue weighted by Crippen LogP contribution is -2.26. The predicted molar refractivity (Wildman–Crippen MR) is 88.3 cm³/mol. The molecule has 21 heavy (non-hydrogen) atoms. The Labute approximate surface area is 130 Å². The summed E-state index contributed by atoms with van der Waals surface area (Å²) in [4.78, 5) is 6.91. The predicted octanol–water partition coefficient (Wildman–Crippen LogP) is 2.13. The van der Waals surface area contributed by atoms with Crippen LogP contribution >= 0.6 is 11.3 Å². The van der Waals surface area contributed by atoms with Crippen LogP contribution in [-0.4, -0.2) is 41.2 Å². The third kappa shape index (κ3) is 4.35. The van der Waals surface area contributed by atoms with Crippen LogP contribution in [0.5, 0.6) is 0 Å². The second-order valence-corrected chi connectivity index (χ2v) is 5.79. The minimum atomic E-state index is 0.188. The monoisotopic (exact) mass is 305 g/mol. The zero-order chi connectivity index (χ0) is 15.1. The van der Waals surface area contributed by atoms with Gasteiger partial charge in [0.15, 0.2) is 0 Å². The molecule has 3 N–H and O–H groups in total. The van der Waals surface area contributed by atoms with Crippen molar-refractivity contribution in [2.75, 3.05) is 26.2 Å². The van der Waals surface area contributed by atoms with Crippen LogP contribution in [0.25, 0.3) is 10.6 Å². The highest BCUT2D eigenvalue weighted by Gasteiger charge is 2.11. The van der Waals surface area contributed by atoms with E-state index in [0.717, 1.165) is 30.2 Å². The molecule has 0 aliphatic carbocycles. The first kappa shape index (κ1) is 16.1. The van der Waals surface area contributed by atoms with E-state index < -0.39 is 0 Å². The van der Waals surface area contributed by atoms with Gasteiger partial charge < -0.3 is 10.8 Å². The van der Waals surface area contributed by atoms with Gasteiger partial charge in [0.05, 0.1) is 12.3 Å². The molecule has 0 atom stereocenters. The molecular formula is C16H23N3OS. The Morgan fingerprint density at radius 3 is 2.86 bits per heavy atom. The maximum Gasteiger partial charge on any atom is 0.123 e. The number of thiazole rings is 1. The largest absolute Gasteiger partial charge is 0.395 e. The highest BCUT2D eigenvalue weighted by atomic mass is 32.1. The van der Waals surface area contributed by atoms with Crippen LogP contribution < -0.4 is 5.73 Å². The van der Waals surface area contributed by atoms with Gasteiger partial charge in [-0.15, -0.1) is 11.3 Å². The summed E-state index contributed by atoms with van der Waals surface area (Å²) in [5, 5.41) is 12.3. The number of aliphatic hydroxyl groups is 1. The lowest BCUT2D eigenvalue weighted by atomic mass is 10.1. The van der Waals surface area contributed by atoms with E-state index in [2.05, 4.69) is 40.4 Å². The van der Waals surface area contributed by atoms with Gasteiger partial charge in [0.25, 0.3) is 0 Å². The molecule has 114 valence electrons. The molecule has 0 bridgehead atoms. The Hall–Kier alpha value is -1.27. The van der Waals surface area contributed by atoms with Gasteiger partial charge in [-0.3, -0.25) is 4.90 Å². The van der Waals surface area contributed by atoms with Gasteiger partial charge in [0.2, 0.25) is 0 Å². The standard InChI is InChI=1S/C16H23N3OS/c1-2-19(9-10-20)11-13-5-3-4-6-15(13)16-18-14(7-8-17)12-21-16/h3-6,12,20H,2,7-11,17H2,1H3. The Balaban J connectivity index is 2.22. The fourth-order valence-corrected chi connectivity index (χ4v) is 3.21. The fourth-order valence-electron chi connectivity index (χ4n) is 2.29. The van der Waals surface area contributed by atoms with Crippen LogP contribution in [0.3, 0.4) is 0 Å². The van der Waals surface area contributed by atoms with E-state index in [9.17, 15) is 0 Å². The quantitative estimate of drug-likeness (QED) is 0.784. The summed E-state index contributed by atoms with van der Waals surface area (Å²) in [7, 11) is 0. The van der Waals surface area contributed by atoms with Crippen LogP contribution in [0.2, 0.25) is 0 Å². The molecule has 4 nitrogen and oxygen atoms in total. The minimum absolute atomic E-state index is 0.188. The van der Waals surface area contributed by atoms with Crippen molar-refractivity contribution in [3.05, 3.63) is 40.9 Å². The Kier molecular flexibility index (Phi) is 6.32. The zero-order valence-corrected chi connectivity index (χ0v) is 13.3. The highest BCUT2D eigenvalue weighted by Crippen LogP contribution is 2.28. The molecule has 0 saturated heterocycles. The van der Waals surface area contributed by atoms with Crippen molar-refractivity contribution in [1.29, 1.82) is 0 Å². The van der Waals surface area contributed by atoms with Crippen molar-refractivity contribution in [1.82, 2.24) is 9.88 Å². The first-order chi connectivity index (χ1) is 10.3. The first-order valence-electron chi connectivity index (χ1n) is 7.34. The lowest BCUT2D eigenvalue weighted by molar-refractivity contribution is 0.197. The Morgan fingerprint density at radius 2 is 2.14 bits per heavy atom. The van der Waals surface area contributed by atoms with E-state index in [0.29, 0.717) is 13.1 Å². The van der Waals surface area contributed by atoms with E-state index in [4.69, 9.17) is 10.8 Å². The van der Waals surface area contributed by atoms with Crippen LogP contribution in [0.15, 0.2) is 29.6 Å².